The molecule has 0 bridgehead atoms. The van der Waals surface area contributed by atoms with E-state index in [9.17, 15) is 4.79 Å². The number of carbonyl (C=O) groups excluding carboxylic acids is 1. The number of benzene rings is 3. The zero-order chi connectivity index (χ0) is 22.5. The third-order valence-electron chi connectivity index (χ3n) is 5.44. The van der Waals surface area contributed by atoms with Crippen molar-refractivity contribution in [1.29, 1.82) is 0 Å². The fourth-order valence-corrected chi connectivity index (χ4v) is 4.26. The number of nitrogens with zero attached hydrogens (tertiary/aromatic N) is 2. The zero-order valence-electron chi connectivity index (χ0n) is 17.4. The van der Waals surface area contributed by atoms with E-state index in [1.807, 2.05) is 71.6 Å². The van der Waals surface area contributed by atoms with Crippen LogP contribution < -0.4 is 4.74 Å². The average molecular weight is 534 g/mol. The second-order valence-electron chi connectivity index (χ2n) is 7.76. The van der Waals surface area contributed by atoms with E-state index in [2.05, 4.69) is 20.8 Å². The van der Waals surface area contributed by atoms with Gasteiger partial charge < -0.3 is 9.64 Å². The lowest BCUT2D eigenvalue weighted by Gasteiger charge is -2.35. The third-order valence-corrected chi connectivity index (χ3v) is 6.71. The zero-order valence-corrected chi connectivity index (χ0v) is 20.5. The first-order valence-corrected chi connectivity index (χ1v) is 12.0. The Hall–Kier alpha value is -2.05. The number of hydrogen-bond donors (Lipinski definition) is 0. The Morgan fingerprint density at radius 2 is 1.62 bits per heavy atom. The molecule has 0 N–H and O–H groups in total. The average Bonchev–Trinajstić information content (AvgIpc) is 2.81. The first-order valence-electron chi connectivity index (χ1n) is 10.4. The van der Waals surface area contributed by atoms with E-state index in [1.54, 1.807) is 0 Å². The second-order valence-corrected chi connectivity index (χ2v) is 9.49. The van der Waals surface area contributed by atoms with E-state index >= 15 is 0 Å². The summed E-state index contributed by atoms with van der Waals surface area (Å²) in [4.78, 5) is 17.3. The Morgan fingerprint density at radius 3 is 2.34 bits per heavy atom. The molecule has 0 radical (unpaired) electrons. The van der Waals surface area contributed by atoms with Crippen LogP contribution in [-0.2, 0) is 13.2 Å². The Kier molecular flexibility index (Phi) is 7.74. The molecule has 3 aromatic carbocycles. The van der Waals surface area contributed by atoms with Crippen LogP contribution in [0.2, 0.25) is 10.0 Å². The molecule has 0 aromatic heterocycles. The van der Waals surface area contributed by atoms with Gasteiger partial charge in [-0.3, -0.25) is 9.69 Å². The van der Waals surface area contributed by atoms with Gasteiger partial charge in [0.1, 0.15) is 12.4 Å². The lowest BCUT2D eigenvalue weighted by atomic mass is 10.1. The van der Waals surface area contributed by atoms with Gasteiger partial charge in [-0.2, -0.15) is 0 Å². The van der Waals surface area contributed by atoms with Crippen molar-refractivity contribution >= 4 is 45.0 Å². The molecule has 0 aliphatic carbocycles. The number of hydrogen-bond acceptors (Lipinski definition) is 3. The molecule has 1 heterocycles. The van der Waals surface area contributed by atoms with Crippen molar-refractivity contribution in [3.8, 4) is 5.75 Å². The van der Waals surface area contributed by atoms with E-state index in [1.165, 1.54) is 0 Å². The van der Waals surface area contributed by atoms with E-state index in [0.29, 0.717) is 35.3 Å². The Labute approximate surface area is 206 Å². The number of carbonyl (C=O) groups is 1. The van der Waals surface area contributed by atoms with Gasteiger partial charge in [-0.05, 0) is 59.7 Å². The topological polar surface area (TPSA) is 32.8 Å². The molecule has 166 valence electrons. The van der Waals surface area contributed by atoms with Crippen molar-refractivity contribution in [2.75, 3.05) is 26.2 Å². The van der Waals surface area contributed by atoms with Gasteiger partial charge in [-0.25, -0.2) is 0 Å². The molecular formula is C25H23BrCl2N2O2. The van der Waals surface area contributed by atoms with Crippen molar-refractivity contribution in [3.63, 3.8) is 0 Å². The summed E-state index contributed by atoms with van der Waals surface area (Å²) in [5.41, 5.74) is 2.79. The number of ether oxygens (including phenoxy) is 1. The molecule has 1 amide bonds. The Morgan fingerprint density at radius 1 is 0.875 bits per heavy atom. The van der Waals surface area contributed by atoms with Crippen LogP contribution in [0.1, 0.15) is 21.5 Å². The SMILES string of the molecule is O=C(c1cccc(COc2ccc(Br)cc2)c1)N1CCN(Cc2ccc(Cl)c(Cl)c2)CC1. The number of piperazine rings is 1. The van der Waals surface area contributed by atoms with Crippen molar-refractivity contribution < 1.29 is 9.53 Å². The number of rotatable bonds is 6. The van der Waals surface area contributed by atoms with Gasteiger partial charge in [0.2, 0.25) is 0 Å². The van der Waals surface area contributed by atoms with Gasteiger partial charge >= 0.3 is 0 Å². The minimum Gasteiger partial charge on any atom is -0.489 e. The maximum atomic E-state index is 13.0. The van der Waals surface area contributed by atoms with E-state index < -0.39 is 0 Å². The van der Waals surface area contributed by atoms with Gasteiger partial charge in [0.15, 0.2) is 0 Å². The Balaban J connectivity index is 1.31. The van der Waals surface area contributed by atoms with Crippen LogP contribution in [0.5, 0.6) is 5.75 Å². The van der Waals surface area contributed by atoms with Crippen molar-refractivity contribution in [3.05, 3.63) is 97.9 Å². The first kappa shape index (κ1) is 23.1. The van der Waals surface area contributed by atoms with Crippen molar-refractivity contribution in [1.82, 2.24) is 9.80 Å². The van der Waals surface area contributed by atoms with Crippen LogP contribution in [-0.4, -0.2) is 41.9 Å². The molecule has 7 heteroatoms. The van der Waals surface area contributed by atoms with Crippen LogP contribution in [0, 0.1) is 0 Å². The van der Waals surface area contributed by atoms with Gasteiger partial charge in [0.25, 0.3) is 5.91 Å². The van der Waals surface area contributed by atoms with Crippen molar-refractivity contribution in [2.24, 2.45) is 0 Å². The summed E-state index contributed by atoms with van der Waals surface area (Å²) in [6, 6.07) is 21.1. The predicted molar refractivity (Wildman–Crippen MR) is 133 cm³/mol. The fourth-order valence-electron chi connectivity index (χ4n) is 3.68. The molecular weight excluding hydrogens is 511 g/mol. The molecule has 0 saturated carbocycles. The summed E-state index contributed by atoms with van der Waals surface area (Å²) >= 11 is 15.5. The van der Waals surface area contributed by atoms with Crippen LogP contribution in [0.25, 0.3) is 0 Å². The predicted octanol–water partition coefficient (Wildman–Crippen LogP) is 6.29. The second kappa shape index (κ2) is 10.7. The smallest absolute Gasteiger partial charge is 0.253 e. The lowest BCUT2D eigenvalue weighted by Crippen LogP contribution is -2.48. The monoisotopic (exact) mass is 532 g/mol. The summed E-state index contributed by atoms with van der Waals surface area (Å²) in [5, 5.41) is 1.14. The standard InChI is InChI=1S/C25H23BrCl2N2O2/c26-21-5-7-22(8-6-21)32-17-19-2-1-3-20(14-19)25(31)30-12-10-29(11-13-30)16-18-4-9-23(27)24(28)15-18/h1-9,14-15H,10-13,16-17H2. The molecule has 1 aliphatic rings. The number of halogens is 3. The summed E-state index contributed by atoms with van der Waals surface area (Å²) in [7, 11) is 0. The third kappa shape index (κ3) is 6.04. The maximum Gasteiger partial charge on any atom is 0.253 e. The van der Waals surface area contributed by atoms with Crippen LogP contribution in [0.15, 0.2) is 71.2 Å². The minimum absolute atomic E-state index is 0.0599. The van der Waals surface area contributed by atoms with Gasteiger partial charge in [-0.1, -0.05) is 57.3 Å². The molecule has 1 fully saturated rings. The Bertz CT molecular complexity index is 1080. The van der Waals surface area contributed by atoms with Crippen LogP contribution in [0.4, 0.5) is 0 Å². The molecule has 3 aromatic rings. The molecule has 4 nitrogen and oxygen atoms in total. The molecule has 0 spiro atoms. The molecule has 1 saturated heterocycles. The highest BCUT2D eigenvalue weighted by molar-refractivity contribution is 9.10. The highest BCUT2D eigenvalue weighted by atomic mass is 79.9. The molecule has 0 atom stereocenters. The first-order chi connectivity index (χ1) is 15.5. The van der Waals surface area contributed by atoms with Crippen molar-refractivity contribution in [2.45, 2.75) is 13.2 Å². The largest absolute Gasteiger partial charge is 0.489 e. The molecule has 32 heavy (non-hydrogen) atoms. The summed E-state index contributed by atoms with van der Waals surface area (Å²) < 4.78 is 6.85. The van der Waals surface area contributed by atoms with E-state index in [-0.39, 0.29) is 5.91 Å². The molecule has 4 rings (SSSR count). The summed E-state index contributed by atoms with van der Waals surface area (Å²) in [6.45, 7) is 4.23. The van der Waals surface area contributed by atoms with Gasteiger partial charge in [-0.15, -0.1) is 0 Å². The molecule has 1 aliphatic heterocycles. The minimum atomic E-state index is 0.0599. The summed E-state index contributed by atoms with van der Waals surface area (Å²) in [5.74, 6) is 0.854. The van der Waals surface area contributed by atoms with Gasteiger partial charge in [0, 0.05) is 42.8 Å². The highest BCUT2D eigenvalue weighted by Gasteiger charge is 2.22. The highest BCUT2D eigenvalue weighted by Crippen LogP contribution is 2.24. The fraction of sp³-hybridized carbons (Fsp3) is 0.240. The van der Waals surface area contributed by atoms with Crippen LogP contribution in [0.3, 0.4) is 0 Å². The van der Waals surface area contributed by atoms with E-state index in [4.69, 9.17) is 27.9 Å². The van der Waals surface area contributed by atoms with E-state index in [0.717, 1.165) is 41.0 Å². The van der Waals surface area contributed by atoms with Crippen LogP contribution >= 0.6 is 39.1 Å². The van der Waals surface area contributed by atoms with Gasteiger partial charge in [0.05, 0.1) is 10.0 Å². The summed E-state index contributed by atoms with van der Waals surface area (Å²) in [6.07, 6.45) is 0. The maximum absolute atomic E-state index is 13.0. The lowest BCUT2D eigenvalue weighted by molar-refractivity contribution is 0.0628. The molecule has 0 unspecified atom stereocenters. The normalized spacial score (nSPS) is 14.4. The number of amides is 1. The quantitative estimate of drug-likeness (QED) is 0.373.